The Balaban J connectivity index is 1.58. The fraction of sp³-hybridized carbons (Fsp3) is 0.786. The third kappa shape index (κ3) is 2.72. The van der Waals surface area contributed by atoms with Gasteiger partial charge in [0, 0.05) is 30.5 Å². The van der Waals surface area contributed by atoms with E-state index in [0.29, 0.717) is 30.5 Å². The molecule has 2 bridgehead atoms. The van der Waals surface area contributed by atoms with Gasteiger partial charge in [0.15, 0.2) is 0 Å². The van der Waals surface area contributed by atoms with Crippen LogP contribution in [0.15, 0.2) is 12.4 Å². The number of hydrogen-bond donors (Lipinski definition) is 1. The summed E-state index contributed by atoms with van der Waals surface area (Å²) in [6, 6.07) is 1.72. The SMILES string of the molecule is CN1C2CCCC1CC(NCc1nccn1C(F)F)C2. The molecule has 20 heavy (non-hydrogen) atoms. The summed E-state index contributed by atoms with van der Waals surface area (Å²) in [5.41, 5.74) is 0. The highest BCUT2D eigenvalue weighted by atomic mass is 19.3. The maximum Gasteiger partial charge on any atom is 0.319 e. The Morgan fingerprint density at radius 3 is 2.70 bits per heavy atom. The molecule has 3 heterocycles. The molecule has 2 saturated heterocycles. The van der Waals surface area contributed by atoms with E-state index in [1.165, 1.54) is 31.7 Å². The van der Waals surface area contributed by atoms with Gasteiger partial charge in [0.2, 0.25) is 0 Å². The first-order chi connectivity index (χ1) is 9.65. The van der Waals surface area contributed by atoms with Crippen molar-refractivity contribution in [2.24, 2.45) is 0 Å². The summed E-state index contributed by atoms with van der Waals surface area (Å²) >= 11 is 0. The second-order valence-corrected chi connectivity index (χ2v) is 5.98. The summed E-state index contributed by atoms with van der Waals surface area (Å²) in [5, 5.41) is 3.43. The van der Waals surface area contributed by atoms with Crippen LogP contribution in [0.4, 0.5) is 8.78 Å². The highest BCUT2D eigenvalue weighted by molar-refractivity contribution is 4.96. The lowest BCUT2D eigenvalue weighted by molar-refractivity contribution is 0.0463. The molecule has 1 aromatic rings. The van der Waals surface area contributed by atoms with Gasteiger partial charge < -0.3 is 10.2 Å². The average Bonchev–Trinajstić information content (AvgIpc) is 2.85. The third-order valence-electron chi connectivity index (χ3n) is 4.85. The van der Waals surface area contributed by atoms with Crippen LogP contribution in [-0.4, -0.2) is 39.6 Å². The number of halogens is 2. The van der Waals surface area contributed by atoms with Gasteiger partial charge in [0.1, 0.15) is 5.82 Å². The van der Waals surface area contributed by atoms with Crippen LogP contribution >= 0.6 is 0 Å². The van der Waals surface area contributed by atoms with Gasteiger partial charge in [0.25, 0.3) is 0 Å². The Morgan fingerprint density at radius 1 is 1.35 bits per heavy atom. The lowest BCUT2D eigenvalue weighted by atomic mass is 9.82. The molecule has 1 aromatic heterocycles. The fourth-order valence-electron chi connectivity index (χ4n) is 3.68. The molecule has 0 saturated carbocycles. The minimum Gasteiger partial charge on any atom is -0.307 e. The summed E-state index contributed by atoms with van der Waals surface area (Å²) in [5.74, 6) is 0.420. The number of alkyl halides is 2. The number of piperidine rings is 2. The van der Waals surface area contributed by atoms with Gasteiger partial charge in [-0.1, -0.05) is 6.42 Å². The number of hydrogen-bond acceptors (Lipinski definition) is 3. The number of fused-ring (bicyclic) bond motifs is 2. The van der Waals surface area contributed by atoms with Crippen LogP contribution in [0.5, 0.6) is 0 Å². The number of nitrogens with one attached hydrogen (secondary N) is 1. The predicted molar refractivity (Wildman–Crippen MR) is 72.5 cm³/mol. The Morgan fingerprint density at radius 2 is 2.05 bits per heavy atom. The summed E-state index contributed by atoms with van der Waals surface area (Å²) < 4.78 is 26.4. The van der Waals surface area contributed by atoms with Gasteiger partial charge >= 0.3 is 6.55 Å². The van der Waals surface area contributed by atoms with Crippen molar-refractivity contribution in [2.75, 3.05) is 7.05 Å². The van der Waals surface area contributed by atoms with Crippen LogP contribution < -0.4 is 5.32 Å². The largest absolute Gasteiger partial charge is 0.319 e. The Labute approximate surface area is 118 Å². The van der Waals surface area contributed by atoms with Crippen LogP contribution in [0.3, 0.4) is 0 Å². The van der Waals surface area contributed by atoms with Gasteiger partial charge in [-0.2, -0.15) is 8.78 Å². The van der Waals surface area contributed by atoms with Crippen molar-refractivity contribution in [1.29, 1.82) is 0 Å². The maximum atomic E-state index is 12.8. The second kappa shape index (κ2) is 5.77. The molecule has 0 amide bonds. The summed E-state index contributed by atoms with van der Waals surface area (Å²) in [6.45, 7) is -2.09. The van der Waals surface area contributed by atoms with Crippen molar-refractivity contribution in [3.05, 3.63) is 18.2 Å². The molecule has 2 aliphatic heterocycles. The first kappa shape index (κ1) is 13.9. The minimum absolute atomic E-state index is 0.420. The normalized spacial score (nSPS) is 30.9. The van der Waals surface area contributed by atoms with Crippen molar-refractivity contribution in [3.8, 4) is 0 Å². The summed E-state index contributed by atoms with van der Waals surface area (Å²) in [7, 11) is 2.22. The Kier molecular flexibility index (Phi) is 4.03. The van der Waals surface area contributed by atoms with E-state index in [0.717, 1.165) is 17.4 Å². The van der Waals surface area contributed by atoms with Crippen molar-refractivity contribution in [3.63, 3.8) is 0 Å². The molecule has 1 N–H and O–H groups in total. The molecule has 4 nitrogen and oxygen atoms in total. The van der Waals surface area contributed by atoms with E-state index in [1.807, 2.05) is 0 Å². The molecular formula is C14H22F2N4. The quantitative estimate of drug-likeness (QED) is 0.921. The molecule has 2 fully saturated rings. The smallest absolute Gasteiger partial charge is 0.307 e. The molecule has 0 aromatic carbocycles. The first-order valence-corrected chi connectivity index (χ1v) is 7.40. The molecule has 112 valence electrons. The minimum atomic E-state index is -2.51. The van der Waals surface area contributed by atoms with E-state index in [4.69, 9.17) is 0 Å². The Hall–Kier alpha value is -1.01. The number of nitrogens with zero attached hydrogens (tertiary/aromatic N) is 3. The monoisotopic (exact) mass is 284 g/mol. The number of imidazole rings is 1. The Bertz CT molecular complexity index is 434. The highest BCUT2D eigenvalue weighted by Gasteiger charge is 2.35. The molecule has 3 rings (SSSR count). The lowest BCUT2D eigenvalue weighted by Gasteiger charge is -2.47. The van der Waals surface area contributed by atoms with Crippen LogP contribution in [0.2, 0.25) is 0 Å². The van der Waals surface area contributed by atoms with E-state index < -0.39 is 6.55 Å². The van der Waals surface area contributed by atoms with Gasteiger partial charge in [-0.15, -0.1) is 0 Å². The fourth-order valence-corrected chi connectivity index (χ4v) is 3.68. The van der Waals surface area contributed by atoms with Crippen LogP contribution in [0.1, 0.15) is 44.5 Å². The van der Waals surface area contributed by atoms with Gasteiger partial charge in [-0.3, -0.25) is 4.57 Å². The highest BCUT2D eigenvalue weighted by Crippen LogP contribution is 2.32. The van der Waals surface area contributed by atoms with Crippen molar-refractivity contribution < 1.29 is 8.78 Å². The van der Waals surface area contributed by atoms with Gasteiger partial charge in [0.05, 0.1) is 6.54 Å². The van der Waals surface area contributed by atoms with Gasteiger partial charge in [-0.05, 0) is 32.7 Å². The van der Waals surface area contributed by atoms with Crippen molar-refractivity contribution >= 4 is 0 Å². The van der Waals surface area contributed by atoms with E-state index in [1.54, 1.807) is 0 Å². The van der Waals surface area contributed by atoms with Crippen molar-refractivity contribution in [1.82, 2.24) is 19.8 Å². The van der Waals surface area contributed by atoms with E-state index in [9.17, 15) is 8.78 Å². The zero-order chi connectivity index (χ0) is 14.1. The topological polar surface area (TPSA) is 33.1 Å². The van der Waals surface area contributed by atoms with E-state index in [-0.39, 0.29) is 0 Å². The average molecular weight is 284 g/mol. The number of rotatable bonds is 4. The van der Waals surface area contributed by atoms with Crippen LogP contribution in [-0.2, 0) is 6.54 Å². The molecule has 2 unspecified atom stereocenters. The molecule has 2 atom stereocenters. The molecular weight excluding hydrogens is 262 g/mol. The summed E-state index contributed by atoms with van der Waals surface area (Å²) in [4.78, 5) is 6.52. The maximum absolute atomic E-state index is 12.8. The van der Waals surface area contributed by atoms with Crippen molar-refractivity contribution in [2.45, 2.75) is 63.3 Å². The molecule has 2 aliphatic rings. The molecule has 0 spiro atoms. The van der Waals surface area contributed by atoms with Crippen LogP contribution in [0.25, 0.3) is 0 Å². The molecule has 6 heteroatoms. The zero-order valence-corrected chi connectivity index (χ0v) is 11.8. The van der Waals surface area contributed by atoms with Crippen LogP contribution in [0, 0.1) is 0 Å². The molecule has 0 radical (unpaired) electrons. The third-order valence-corrected chi connectivity index (χ3v) is 4.85. The number of aromatic nitrogens is 2. The van der Waals surface area contributed by atoms with E-state index in [2.05, 4.69) is 22.2 Å². The first-order valence-electron chi connectivity index (χ1n) is 7.40. The van der Waals surface area contributed by atoms with Gasteiger partial charge in [-0.25, -0.2) is 4.98 Å². The predicted octanol–water partition coefficient (Wildman–Crippen LogP) is 2.38. The van der Waals surface area contributed by atoms with E-state index >= 15 is 0 Å². The summed E-state index contributed by atoms with van der Waals surface area (Å²) in [6.07, 6.45) is 8.85. The molecule has 0 aliphatic carbocycles. The second-order valence-electron chi connectivity index (χ2n) is 5.98. The standard InChI is InChI=1S/C14H22F2N4/c1-19-11-3-2-4-12(19)8-10(7-11)18-9-13-17-5-6-20(13)14(15)16/h5-6,10-12,14,18H,2-4,7-9H2,1H3. The zero-order valence-electron chi connectivity index (χ0n) is 11.8. The lowest BCUT2D eigenvalue weighted by Crippen LogP contribution is -2.54.